The summed E-state index contributed by atoms with van der Waals surface area (Å²) < 4.78 is 1.11. The normalized spacial score (nSPS) is 10.2. The van der Waals surface area contributed by atoms with Gasteiger partial charge in [0.2, 0.25) is 5.91 Å². The number of primary amides is 1. The molecular weight excluding hydrogens is 342 g/mol. The monoisotopic (exact) mass is 361 g/mol. The average Bonchev–Trinajstić information content (AvgIpc) is 2.79. The second-order valence-electron chi connectivity index (χ2n) is 4.41. The number of thiophene rings is 1. The fourth-order valence-corrected chi connectivity index (χ4v) is 3.18. The SMILES string of the molecule is NC(=O)NCCCCCC(=O)NCCc1ccc(Br)s1. The lowest BCUT2D eigenvalue weighted by atomic mass is 10.2. The summed E-state index contributed by atoms with van der Waals surface area (Å²) in [4.78, 5) is 23.3. The zero-order valence-electron chi connectivity index (χ0n) is 11.3. The minimum Gasteiger partial charge on any atom is -0.356 e. The Morgan fingerprint density at radius 2 is 1.95 bits per heavy atom. The second kappa shape index (κ2) is 9.77. The summed E-state index contributed by atoms with van der Waals surface area (Å²) in [6, 6.07) is 3.58. The van der Waals surface area contributed by atoms with E-state index in [1.165, 1.54) is 4.88 Å². The van der Waals surface area contributed by atoms with Gasteiger partial charge in [-0.1, -0.05) is 6.42 Å². The zero-order valence-corrected chi connectivity index (χ0v) is 13.7. The average molecular weight is 362 g/mol. The van der Waals surface area contributed by atoms with Crippen LogP contribution in [0.2, 0.25) is 0 Å². The van der Waals surface area contributed by atoms with Crippen LogP contribution in [0.5, 0.6) is 0 Å². The van der Waals surface area contributed by atoms with E-state index in [4.69, 9.17) is 5.73 Å². The van der Waals surface area contributed by atoms with Gasteiger partial charge in [-0.25, -0.2) is 4.79 Å². The number of carbonyl (C=O) groups is 2. The smallest absolute Gasteiger partial charge is 0.312 e. The molecule has 0 aromatic carbocycles. The third-order valence-electron chi connectivity index (χ3n) is 2.70. The molecule has 0 spiro atoms. The molecule has 1 rings (SSSR count). The highest BCUT2D eigenvalue weighted by Crippen LogP contribution is 2.21. The highest BCUT2D eigenvalue weighted by Gasteiger charge is 2.02. The molecule has 1 aromatic rings. The number of nitrogens with two attached hydrogens (primary N) is 1. The summed E-state index contributed by atoms with van der Waals surface area (Å²) in [6.45, 7) is 1.25. The van der Waals surface area contributed by atoms with Gasteiger partial charge in [0.05, 0.1) is 3.79 Å². The van der Waals surface area contributed by atoms with Crippen molar-refractivity contribution in [3.05, 3.63) is 20.8 Å². The van der Waals surface area contributed by atoms with E-state index in [0.29, 0.717) is 19.5 Å². The Labute approximate surface area is 131 Å². The van der Waals surface area contributed by atoms with Gasteiger partial charge in [0.25, 0.3) is 0 Å². The molecule has 112 valence electrons. The molecule has 7 heteroatoms. The third-order valence-corrected chi connectivity index (χ3v) is 4.39. The van der Waals surface area contributed by atoms with Gasteiger partial charge in [-0.15, -0.1) is 11.3 Å². The van der Waals surface area contributed by atoms with E-state index in [1.54, 1.807) is 11.3 Å². The molecule has 0 radical (unpaired) electrons. The molecule has 0 saturated carbocycles. The van der Waals surface area contributed by atoms with Gasteiger partial charge >= 0.3 is 6.03 Å². The molecule has 5 nitrogen and oxygen atoms in total. The Morgan fingerprint density at radius 1 is 1.15 bits per heavy atom. The van der Waals surface area contributed by atoms with Crippen LogP contribution < -0.4 is 16.4 Å². The first-order valence-electron chi connectivity index (χ1n) is 6.62. The van der Waals surface area contributed by atoms with Crippen LogP contribution in [0.4, 0.5) is 4.79 Å². The predicted octanol–water partition coefficient (Wildman–Crippen LogP) is 2.40. The quantitative estimate of drug-likeness (QED) is 0.590. The topological polar surface area (TPSA) is 84.2 Å². The van der Waals surface area contributed by atoms with Crippen molar-refractivity contribution in [2.24, 2.45) is 5.73 Å². The highest BCUT2D eigenvalue weighted by molar-refractivity contribution is 9.11. The Morgan fingerprint density at radius 3 is 2.60 bits per heavy atom. The number of hydrogen-bond acceptors (Lipinski definition) is 3. The first-order valence-corrected chi connectivity index (χ1v) is 8.23. The zero-order chi connectivity index (χ0) is 14.8. The summed E-state index contributed by atoms with van der Waals surface area (Å²) in [5.74, 6) is 0.0866. The van der Waals surface area contributed by atoms with Crippen molar-refractivity contribution in [2.75, 3.05) is 13.1 Å². The molecule has 4 N–H and O–H groups in total. The lowest BCUT2D eigenvalue weighted by Gasteiger charge is -2.04. The van der Waals surface area contributed by atoms with E-state index in [9.17, 15) is 9.59 Å². The molecule has 20 heavy (non-hydrogen) atoms. The molecule has 0 saturated heterocycles. The number of rotatable bonds is 9. The predicted molar refractivity (Wildman–Crippen MR) is 84.8 cm³/mol. The van der Waals surface area contributed by atoms with Crippen molar-refractivity contribution in [3.8, 4) is 0 Å². The van der Waals surface area contributed by atoms with Crippen LogP contribution >= 0.6 is 27.3 Å². The Bertz CT molecular complexity index is 437. The van der Waals surface area contributed by atoms with Crippen LogP contribution in [0.15, 0.2) is 15.9 Å². The van der Waals surface area contributed by atoms with Crippen LogP contribution in [0.1, 0.15) is 30.6 Å². The second-order valence-corrected chi connectivity index (χ2v) is 6.96. The van der Waals surface area contributed by atoms with E-state index in [2.05, 4.69) is 32.6 Å². The van der Waals surface area contributed by atoms with Crippen molar-refractivity contribution in [1.82, 2.24) is 10.6 Å². The number of nitrogens with one attached hydrogen (secondary N) is 2. The van der Waals surface area contributed by atoms with Gasteiger partial charge in [-0.2, -0.15) is 0 Å². The van der Waals surface area contributed by atoms with Gasteiger partial charge < -0.3 is 16.4 Å². The van der Waals surface area contributed by atoms with Gasteiger partial charge in [-0.3, -0.25) is 4.79 Å². The van der Waals surface area contributed by atoms with Crippen molar-refractivity contribution < 1.29 is 9.59 Å². The molecule has 0 bridgehead atoms. The van der Waals surface area contributed by atoms with E-state index in [0.717, 1.165) is 29.5 Å². The molecule has 0 aliphatic heterocycles. The number of carbonyl (C=O) groups excluding carboxylic acids is 2. The molecule has 1 heterocycles. The summed E-state index contributed by atoms with van der Waals surface area (Å²) in [5.41, 5.74) is 4.94. The molecule has 0 unspecified atom stereocenters. The van der Waals surface area contributed by atoms with Gasteiger partial charge in [-0.05, 0) is 47.3 Å². The van der Waals surface area contributed by atoms with Crippen molar-refractivity contribution in [3.63, 3.8) is 0 Å². The fourth-order valence-electron chi connectivity index (χ4n) is 1.70. The van der Waals surface area contributed by atoms with E-state index in [1.807, 2.05) is 6.07 Å². The highest BCUT2D eigenvalue weighted by atomic mass is 79.9. The van der Waals surface area contributed by atoms with Crippen LogP contribution in [-0.4, -0.2) is 25.0 Å². The maximum absolute atomic E-state index is 11.6. The van der Waals surface area contributed by atoms with E-state index >= 15 is 0 Å². The maximum atomic E-state index is 11.6. The Kier molecular flexibility index (Phi) is 8.29. The molecule has 0 aliphatic rings. The van der Waals surface area contributed by atoms with Gasteiger partial charge in [0, 0.05) is 24.4 Å². The number of amides is 3. The van der Waals surface area contributed by atoms with Gasteiger partial charge in [0.15, 0.2) is 0 Å². The molecule has 0 atom stereocenters. The summed E-state index contributed by atoms with van der Waals surface area (Å²) in [5, 5.41) is 5.44. The number of unbranched alkanes of at least 4 members (excludes halogenated alkanes) is 2. The molecular formula is C13H20BrN3O2S. The van der Waals surface area contributed by atoms with E-state index < -0.39 is 6.03 Å². The largest absolute Gasteiger partial charge is 0.356 e. The maximum Gasteiger partial charge on any atom is 0.312 e. The van der Waals surface area contributed by atoms with Crippen LogP contribution in [0.3, 0.4) is 0 Å². The van der Waals surface area contributed by atoms with E-state index in [-0.39, 0.29) is 5.91 Å². The first kappa shape index (κ1) is 17.0. The lowest BCUT2D eigenvalue weighted by molar-refractivity contribution is -0.121. The van der Waals surface area contributed by atoms with Crippen LogP contribution in [-0.2, 0) is 11.2 Å². The fraction of sp³-hybridized carbons (Fsp3) is 0.538. The molecule has 3 amide bonds. The first-order chi connectivity index (χ1) is 9.58. The van der Waals surface area contributed by atoms with Crippen molar-refractivity contribution in [1.29, 1.82) is 0 Å². The number of halogens is 1. The van der Waals surface area contributed by atoms with Crippen molar-refractivity contribution >= 4 is 39.2 Å². The summed E-state index contributed by atoms with van der Waals surface area (Å²) in [6.07, 6.45) is 3.98. The number of hydrogen-bond donors (Lipinski definition) is 3. The van der Waals surface area contributed by atoms with Gasteiger partial charge in [0.1, 0.15) is 0 Å². The minimum atomic E-state index is -0.497. The van der Waals surface area contributed by atoms with Crippen LogP contribution in [0, 0.1) is 0 Å². The minimum absolute atomic E-state index is 0.0866. The summed E-state index contributed by atoms with van der Waals surface area (Å²) >= 11 is 5.10. The molecule has 1 aromatic heterocycles. The Balaban J connectivity index is 1.96. The standard InChI is InChI=1S/C13H20BrN3O2S/c14-11-6-5-10(20-11)7-9-16-12(18)4-2-1-3-8-17-13(15)19/h5-6H,1-4,7-9H2,(H,16,18)(H3,15,17,19). The molecule has 0 aliphatic carbocycles. The third kappa shape index (κ3) is 8.16. The van der Waals surface area contributed by atoms with Crippen LogP contribution in [0.25, 0.3) is 0 Å². The Hall–Kier alpha value is -1.08. The van der Waals surface area contributed by atoms with Crippen molar-refractivity contribution in [2.45, 2.75) is 32.1 Å². The molecule has 0 fully saturated rings. The summed E-state index contributed by atoms with van der Waals surface area (Å²) in [7, 11) is 0. The number of urea groups is 1. The lowest BCUT2D eigenvalue weighted by Crippen LogP contribution is -2.30.